The van der Waals surface area contributed by atoms with Crippen molar-refractivity contribution in [1.29, 1.82) is 0 Å². The third-order valence-electron chi connectivity index (χ3n) is 4.65. The summed E-state index contributed by atoms with van der Waals surface area (Å²) >= 11 is 0. The van der Waals surface area contributed by atoms with Crippen molar-refractivity contribution in [1.82, 2.24) is 0 Å². The van der Waals surface area contributed by atoms with E-state index in [1.165, 1.54) is 60.7 Å². The molecule has 0 heterocycles. The molecule has 35 heavy (non-hydrogen) atoms. The molecule has 0 aliphatic rings. The molecule has 0 fully saturated rings. The van der Waals surface area contributed by atoms with Crippen LogP contribution in [-0.4, -0.2) is 31.4 Å². The summed E-state index contributed by atoms with van der Waals surface area (Å²) in [4.78, 5) is 25.1. The van der Waals surface area contributed by atoms with E-state index in [2.05, 4.69) is 22.6 Å². The van der Waals surface area contributed by atoms with Crippen LogP contribution in [0.4, 0.5) is 13.2 Å². The van der Waals surface area contributed by atoms with Crippen molar-refractivity contribution in [3.8, 4) is 5.75 Å². The van der Waals surface area contributed by atoms with Gasteiger partial charge in [-0.2, -0.15) is 21.6 Å². The number of carbonyl (C=O) groups excluding carboxylic acids is 2. The lowest BCUT2D eigenvalue weighted by atomic mass is 9.95. The number of hydrogen-bond donors (Lipinski definition) is 0. The zero-order valence-electron chi connectivity index (χ0n) is 17.8. The van der Waals surface area contributed by atoms with E-state index in [1.54, 1.807) is 6.07 Å². The van der Waals surface area contributed by atoms with Gasteiger partial charge < -0.3 is 4.74 Å². The highest BCUT2D eigenvalue weighted by Gasteiger charge is 2.49. The summed E-state index contributed by atoms with van der Waals surface area (Å²) in [6.07, 6.45) is 2.44. The number of hydrogen-bond acceptors (Lipinski definition) is 7. The van der Waals surface area contributed by atoms with Crippen molar-refractivity contribution in [2.75, 3.05) is 0 Å². The summed E-state index contributed by atoms with van der Waals surface area (Å²) in [6.45, 7) is 6.90. The first-order valence-corrected chi connectivity index (χ1v) is 11.1. The Morgan fingerprint density at radius 2 is 1.54 bits per heavy atom. The Balaban J connectivity index is 2.16. The van der Waals surface area contributed by atoms with Crippen LogP contribution < -0.4 is 4.74 Å². The summed E-state index contributed by atoms with van der Waals surface area (Å²) in [7, 11) is -6.12. The second kappa shape index (κ2) is 9.94. The first-order valence-electron chi connectivity index (χ1n) is 9.70. The molecule has 11 heteroatoms. The second-order valence-corrected chi connectivity index (χ2v) is 8.37. The van der Waals surface area contributed by atoms with Crippen molar-refractivity contribution < 1.29 is 40.2 Å². The Bertz CT molecular complexity index is 1460. The van der Waals surface area contributed by atoms with Crippen LogP contribution >= 0.6 is 0 Å². The summed E-state index contributed by atoms with van der Waals surface area (Å²) in [5, 5.41) is 3.69. The van der Waals surface area contributed by atoms with E-state index in [4.69, 9.17) is 4.74 Å². The van der Waals surface area contributed by atoms with Gasteiger partial charge in [0.05, 0.1) is 0 Å². The molecule has 0 atom stereocenters. The Hall–Kier alpha value is -4.25. The predicted molar refractivity (Wildman–Crippen MR) is 123 cm³/mol. The van der Waals surface area contributed by atoms with Gasteiger partial charge in [-0.3, -0.25) is 9.08 Å². The van der Waals surface area contributed by atoms with Crippen molar-refractivity contribution in [2.45, 2.75) is 5.51 Å². The molecular weight excluding hydrogens is 487 g/mol. The van der Waals surface area contributed by atoms with Gasteiger partial charge in [0.25, 0.3) is 0 Å². The van der Waals surface area contributed by atoms with E-state index in [-0.39, 0.29) is 22.3 Å². The zero-order valence-corrected chi connectivity index (χ0v) is 18.6. The monoisotopic (exact) mass is 503 g/mol. The number of Topliss-reactive ketones (excluding diaryl/α,β-unsaturated/α-hetero) is 1. The van der Waals surface area contributed by atoms with Crippen LogP contribution in [0, 0.1) is 0 Å². The summed E-state index contributed by atoms with van der Waals surface area (Å²) in [5.41, 5.74) is -5.89. The number of halogens is 3. The van der Waals surface area contributed by atoms with Crippen LogP contribution in [0.25, 0.3) is 16.8 Å². The Morgan fingerprint density at radius 1 is 0.914 bits per heavy atom. The number of rotatable bonds is 8. The van der Waals surface area contributed by atoms with Gasteiger partial charge in [-0.1, -0.05) is 79.0 Å². The van der Waals surface area contributed by atoms with E-state index in [9.17, 15) is 31.2 Å². The minimum absolute atomic E-state index is 0.00998. The largest absolute Gasteiger partial charge is 0.536 e. The van der Waals surface area contributed by atoms with Crippen LogP contribution in [-0.2, 0) is 19.2 Å². The van der Waals surface area contributed by atoms with E-state index < -0.39 is 33.1 Å². The van der Waals surface area contributed by atoms with Gasteiger partial charge in [0.15, 0.2) is 5.71 Å². The van der Waals surface area contributed by atoms with Gasteiger partial charge in [-0.25, -0.2) is 4.79 Å². The number of ketones is 1. The summed E-state index contributed by atoms with van der Waals surface area (Å²) in [5.74, 6) is -1.58. The summed E-state index contributed by atoms with van der Waals surface area (Å²) < 4.78 is 70.1. The molecule has 0 spiro atoms. The molecule has 0 aromatic heterocycles. The first-order chi connectivity index (χ1) is 16.5. The smallest absolute Gasteiger partial charge is 0.423 e. The van der Waals surface area contributed by atoms with Gasteiger partial charge in [-0.05, 0) is 17.0 Å². The van der Waals surface area contributed by atoms with Crippen molar-refractivity contribution in [3.05, 3.63) is 96.6 Å². The Labute approximate surface area is 197 Å². The maximum absolute atomic E-state index is 13.4. The average molecular weight is 503 g/mol. The number of carbonyl (C=O) groups is 2. The second-order valence-electron chi connectivity index (χ2n) is 6.85. The molecule has 0 N–H and O–H groups in total. The molecule has 180 valence electrons. The van der Waals surface area contributed by atoms with Gasteiger partial charge in [0.2, 0.25) is 5.78 Å². The minimum Gasteiger partial charge on any atom is -0.423 e. The third-order valence-corrected chi connectivity index (χ3v) is 5.49. The normalized spacial score (nSPS) is 12.1. The lowest BCUT2D eigenvalue weighted by molar-refractivity contribution is -0.128. The fourth-order valence-electron chi connectivity index (χ4n) is 2.98. The molecule has 0 aliphatic carbocycles. The molecule has 3 aromatic rings. The van der Waals surface area contributed by atoms with Crippen molar-refractivity contribution in [2.24, 2.45) is 5.16 Å². The predicted octanol–water partition coefficient (Wildman–Crippen LogP) is 5.03. The number of esters is 1. The highest BCUT2D eigenvalue weighted by molar-refractivity contribution is 7.87. The number of fused-ring (bicyclic) bond motifs is 1. The quantitative estimate of drug-likeness (QED) is 0.0814. The molecule has 0 radical (unpaired) electrons. The van der Waals surface area contributed by atoms with Crippen LogP contribution in [0.15, 0.2) is 85.1 Å². The van der Waals surface area contributed by atoms with E-state index in [0.717, 1.165) is 6.08 Å². The highest BCUT2D eigenvalue weighted by Crippen LogP contribution is 2.30. The number of alkyl halides is 3. The fourth-order valence-corrected chi connectivity index (χ4v) is 3.23. The van der Waals surface area contributed by atoms with E-state index in [1.807, 2.05) is 0 Å². The molecular formula is C24H16F3NO6S. The van der Waals surface area contributed by atoms with Crippen LogP contribution in [0.1, 0.15) is 21.5 Å². The molecule has 0 unspecified atom stereocenters. The third kappa shape index (κ3) is 5.46. The van der Waals surface area contributed by atoms with Gasteiger partial charge in [-0.15, -0.1) is 0 Å². The molecule has 0 saturated heterocycles. The molecule has 0 amide bonds. The van der Waals surface area contributed by atoms with Gasteiger partial charge >= 0.3 is 21.6 Å². The van der Waals surface area contributed by atoms with Crippen molar-refractivity contribution in [3.63, 3.8) is 0 Å². The standard InChI is InChI=1S/C24H16F3NO6S/c1-3-15-11-13-16(14-12-15)22(28-34-35(31,32)24(25,26)27)23(30)19-9-5-8-18-17(19)7-6-10-20(18)33-21(29)4-2/h3-14H,1-2H2/b28-22+. The van der Waals surface area contributed by atoms with Crippen LogP contribution in [0.2, 0.25) is 0 Å². The average Bonchev–Trinajstić information content (AvgIpc) is 2.83. The summed E-state index contributed by atoms with van der Waals surface area (Å²) in [6, 6.07) is 14.5. The lowest BCUT2D eigenvalue weighted by Gasteiger charge is -2.12. The number of nitrogens with zero attached hydrogens (tertiary/aromatic N) is 1. The van der Waals surface area contributed by atoms with E-state index >= 15 is 0 Å². The Kier molecular flexibility index (Phi) is 7.20. The SMILES string of the molecule is C=CC(=O)Oc1cccc2c(C(=O)/C(=N/OS(=O)(=O)C(F)(F)F)c3ccc(C=C)cc3)cccc12. The maximum Gasteiger partial charge on any atom is 0.536 e. The zero-order chi connectivity index (χ0) is 25.8. The number of ether oxygens (including phenoxy) is 1. The fraction of sp³-hybridized carbons (Fsp3) is 0.0417. The lowest BCUT2D eigenvalue weighted by Crippen LogP contribution is -2.25. The first kappa shape index (κ1) is 25.4. The highest BCUT2D eigenvalue weighted by atomic mass is 32.2. The topological polar surface area (TPSA) is 99.1 Å². The number of benzene rings is 3. The molecule has 0 bridgehead atoms. The molecule has 3 rings (SSSR count). The van der Waals surface area contributed by atoms with Crippen molar-refractivity contribution >= 4 is 44.4 Å². The van der Waals surface area contributed by atoms with E-state index in [0.29, 0.717) is 10.9 Å². The maximum atomic E-state index is 13.4. The molecule has 3 aromatic carbocycles. The van der Waals surface area contributed by atoms with Crippen LogP contribution in [0.5, 0.6) is 5.75 Å². The van der Waals surface area contributed by atoms with Crippen LogP contribution in [0.3, 0.4) is 0 Å². The van der Waals surface area contributed by atoms with Gasteiger partial charge in [0, 0.05) is 22.6 Å². The van der Waals surface area contributed by atoms with Gasteiger partial charge in [0.1, 0.15) is 5.75 Å². The number of oxime groups is 1. The minimum atomic E-state index is -6.12. The molecule has 0 aliphatic heterocycles. The Morgan fingerprint density at radius 3 is 2.14 bits per heavy atom. The molecule has 0 saturated carbocycles. The molecule has 7 nitrogen and oxygen atoms in total.